The Morgan fingerprint density at radius 2 is 1.91 bits per heavy atom. The second-order valence-corrected chi connectivity index (χ2v) is 6.52. The Labute approximate surface area is 143 Å². The molecule has 0 radical (unpaired) electrons. The van der Waals surface area contributed by atoms with Gasteiger partial charge < -0.3 is 16.0 Å². The van der Waals surface area contributed by atoms with E-state index < -0.39 is 0 Å². The molecule has 1 aromatic rings. The van der Waals surface area contributed by atoms with Crippen molar-refractivity contribution in [3.8, 4) is 0 Å². The molecule has 22 heavy (non-hydrogen) atoms. The SMILES string of the molecule is S=C(NCCNc1ncccc1Cl)NC1CCCCCCC1. The highest BCUT2D eigenvalue weighted by molar-refractivity contribution is 7.80. The number of nitrogens with one attached hydrogen (secondary N) is 3. The predicted octanol–water partition coefficient (Wildman–Crippen LogP) is 3.72. The molecule has 1 aliphatic rings. The molecule has 2 rings (SSSR count). The first kappa shape index (κ1) is 17.3. The topological polar surface area (TPSA) is 49.0 Å². The van der Waals surface area contributed by atoms with Crippen LogP contribution in [0.15, 0.2) is 18.3 Å². The average Bonchev–Trinajstić information content (AvgIpc) is 2.48. The molecule has 0 spiro atoms. The van der Waals surface area contributed by atoms with Gasteiger partial charge in [0.05, 0.1) is 5.02 Å². The number of hydrogen-bond acceptors (Lipinski definition) is 3. The van der Waals surface area contributed by atoms with Crippen molar-refractivity contribution in [3.05, 3.63) is 23.4 Å². The number of thiocarbonyl (C=S) groups is 1. The third-order valence-electron chi connectivity index (χ3n) is 3.90. The molecule has 0 aliphatic heterocycles. The van der Waals surface area contributed by atoms with Gasteiger partial charge in [-0.05, 0) is 37.2 Å². The second kappa shape index (κ2) is 9.85. The van der Waals surface area contributed by atoms with Crippen LogP contribution in [0.2, 0.25) is 5.02 Å². The van der Waals surface area contributed by atoms with Gasteiger partial charge in [0.2, 0.25) is 0 Å². The molecule has 1 aliphatic carbocycles. The lowest BCUT2D eigenvalue weighted by Crippen LogP contribution is -2.43. The Bertz CT molecular complexity index is 461. The van der Waals surface area contributed by atoms with Crippen LogP contribution in [0, 0.1) is 0 Å². The highest BCUT2D eigenvalue weighted by atomic mass is 35.5. The van der Waals surface area contributed by atoms with Gasteiger partial charge in [-0.15, -0.1) is 0 Å². The zero-order chi connectivity index (χ0) is 15.6. The van der Waals surface area contributed by atoms with Crippen molar-refractivity contribution in [2.24, 2.45) is 0 Å². The number of nitrogens with zero attached hydrogens (tertiary/aromatic N) is 1. The first-order valence-electron chi connectivity index (χ1n) is 8.14. The van der Waals surface area contributed by atoms with Gasteiger partial charge in [0.1, 0.15) is 5.82 Å². The lowest BCUT2D eigenvalue weighted by atomic mass is 9.97. The third-order valence-corrected chi connectivity index (χ3v) is 4.47. The van der Waals surface area contributed by atoms with Crippen LogP contribution in [-0.2, 0) is 0 Å². The minimum atomic E-state index is 0.526. The molecular weight excluding hydrogens is 316 g/mol. The molecule has 4 nitrogen and oxygen atoms in total. The number of halogens is 1. The van der Waals surface area contributed by atoms with E-state index in [1.807, 2.05) is 12.1 Å². The maximum atomic E-state index is 6.04. The molecule has 0 amide bonds. The van der Waals surface area contributed by atoms with Gasteiger partial charge in [-0.3, -0.25) is 0 Å². The molecular formula is C16H25ClN4S. The normalized spacial score (nSPS) is 16.4. The van der Waals surface area contributed by atoms with E-state index in [4.69, 9.17) is 23.8 Å². The number of aromatic nitrogens is 1. The summed E-state index contributed by atoms with van der Waals surface area (Å²) in [5.41, 5.74) is 0. The van der Waals surface area contributed by atoms with Gasteiger partial charge in [0, 0.05) is 25.3 Å². The maximum Gasteiger partial charge on any atom is 0.166 e. The Morgan fingerprint density at radius 3 is 2.64 bits per heavy atom. The summed E-state index contributed by atoms with van der Waals surface area (Å²) in [5, 5.41) is 11.3. The van der Waals surface area contributed by atoms with Crippen molar-refractivity contribution >= 4 is 34.7 Å². The van der Waals surface area contributed by atoms with Gasteiger partial charge in [-0.25, -0.2) is 4.98 Å². The molecule has 6 heteroatoms. The standard InChI is InChI=1S/C16H25ClN4S/c17-14-9-6-10-18-15(14)19-11-12-20-16(22)21-13-7-4-2-1-3-5-8-13/h6,9-10,13H,1-5,7-8,11-12H2,(H,18,19)(H2,20,21,22). The molecule has 0 atom stereocenters. The summed E-state index contributed by atoms with van der Waals surface area (Å²) < 4.78 is 0. The summed E-state index contributed by atoms with van der Waals surface area (Å²) in [5.74, 6) is 0.713. The summed E-state index contributed by atoms with van der Waals surface area (Å²) in [6.07, 6.45) is 10.9. The minimum Gasteiger partial charge on any atom is -0.367 e. The largest absolute Gasteiger partial charge is 0.367 e. The molecule has 3 N–H and O–H groups in total. The first-order valence-corrected chi connectivity index (χ1v) is 8.93. The van der Waals surface area contributed by atoms with Gasteiger partial charge in [0.15, 0.2) is 5.11 Å². The predicted molar refractivity (Wildman–Crippen MR) is 97.6 cm³/mol. The Hall–Kier alpha value is -1.07. The third kappa shape index (κ3) is 6.36. The van der Waals surface area contributed by atoms with E-state index >= 15 is 0 Å². The monoisotopic (exact) mass is 340 g/mol. The van der Waals surface area contributed by atoms with E-state index in [2.05, 4.69) is 20.9 Å². The van der Waals surface area contributed by atoms with Crippen LogP contribution in [0.25, 0.3) is 0 Å². The van der Waals surface area contributed by atoms with Gasteiger partial charge in [-0.2, -0.15) is 0 Å². The van der Waals surface area contributed by atoms with Crippen molar-refractivity contribution in [2.45, 2.75) is 51.0 Å². The number of hydrogen-bond donors (Lipinski definition) is 3. The first-order chi connectivity index (χ1) is 10.8. The van der Waals surface area contributed by atoms with Crippen LogP contribution in [0.4, 0.5) is 5.82 Å². The molecule has 0 unspecified atom stereocenters. The summed E-state index contributed by atoms with van der Waals surface area (Å²) in [6, 6.07) is 4.17. The van der Waals surface area contributed by atoms with Crippen LogP contribution >= 0.6 is 23.8 Å². The number of pyridine rings is 1. The minimum absolute atomic E-state index is 0.526. The van der Waals surface area contributed by atoms with E-state index in [0.29, 0.717) is 16.9 Å². The van der Waals surface area contributed by atoms with Crippen molar-refractivity contribution in [2.75, 3.05) is 18.4 Å². The summed E-state index contributed by atoms with van der Waals surface area (Å²) in [7, 11) is 0. The van der Waals surface area contributed by atoms with E-state index in [1.54, 1.807) is 6.20 Å². The highest BCUT2D eigenvalue weighted by Gasteiger charge is 2.11. The molecule has 0 aromatic carbocycles. The zero-order valence-corrected chi connectivity index (χ0v) is 14.5. The Balaban J connectivity index is 1.62. The van der Waals surface area contributed by atoms with E-state index in [9.17, 15) is 0 Å². The van der Waals surface area contributed by atoms with Crippen molar-refractivity contribution < 1.29 is 0 Å². The second-order valence-electron chi connectivity index (χ2n) is 5.70. The number of rotatable bonds is 5. The van der Waals surface area contributed by atoms with E-state index in [-0.39, 0.29) is 0 Å². The fraction of sp³-hybridized carbons (Fsp3) is 0.625. The average molecular weight is 341 g/mol. The number of anilines is 1. The summed E-state index contributed by atoms with van der Waals surface area (Å²) in [4.78, 5) is 4.19. The Kier molecular flexibility index (Phi) is 7.74. The van der Waals surface area contributed by atoms with Crippen LogP contribution in [0.1, 0.15) is 44.9 Å². The van der Waals surface area contributed by atoms with Gasteiger partial charge in [-0.1, -0.05) is 43.7 Å². The van der Waals surface area contributed by atoms with E-state index in [0.717, 1.165) is 18.2 Å². The van der Waals surface area contributed by atoms with Crippen LogP contribution in [-0.4, -0.2) is 29.2 Å². The Morgan fingerprint density at radius 1 is 1.18 bits per heavy atom. The summed E-state index contributed by atoms with van der Waals surface area (Å²) >= 11 is 11.4. The van der Waals surface area contributed by atoms with E-state index in [1.165, 1.54) is 44.9 Å². The molecule has 1 fully saturated rings. The maximum absolute atomic E-state index is 6.04. The molecule has 1 heterocycles. The molecule has 1 aromatic heterocycles. The quantitative estimate of drug-likeness (QED) is 0.563. The smallest absolute Gasteiger partial charge is 0.166 e. The lowest BCUT2D eigenvalue weighted by molar-refractivity contribution is 0.427. The highest BCUT2D eigenvalue weighted by Crippen LogP contribution is 2.17. The molecule has 0 saturated heterocycles. The zero-order valence-electron chi connectivity index (χ0n) is 12.9. The van der Waals surface area contributed by atoms with Crippen LogP contribution in [0.5, 0.6) is 0 Å². The fourth-order valence-corrected chi connectivity index (χ4v) is 3.17. The fourth-order valence-electron chi connectivity index (χ4n) is 2.71. The van der Waals surface area contributed by atoms with Gasteiger partial charge in [0.25, 0.3) is 0 Å². The lowest BCUT2D eigenvalue weighted by Gasteiger charge is -2.22. The summed E-state index contributed by atoms with van der Waals surface area (Å²) in [6.45, 7) is 1.47. The molecule has 1 saturated carbocycles. The molecule has 122 valence electrons. The van der Waals surface area contributed by atoms with Crippen molar-refractivity contribution in [3.63, 3.8) is 0 Å². The van der Waals surface area contributed by atoms with Crippen molar-refractivity contribution in [1.29, 1.82) is 0 Å². The van der Waals surface area contributed by atoms with Crippen LogP contribution in [0.3, 0.4) is 0 Å². The van der Waals surface area contributed by atoms with Crippen LogP contribution < -0.4 is 16.0 Å². The van der Waals surface area contributed by atoms with Gasteiger partial charge >= 0.3 is 0 Å². The van der Waals surface area contributed by atoms with Crippen molar-refractivity contribution in [1.82, 2.24) is 15.6 Å². The molecule has 0 bridgehead atoms.